The molecule has 0 bridgehead atoms. The second-order valence-corrected chi connectivity index (χ2v) is 12.8. The van der Waals surface area contributed by atoms with Gasteiger partial charge in [-0.15, -0.1) is 5.10 Å². The molecule has 6 rings (SSSR count). The number of phenolic OH excluding ortho intramolecular Hbond substituents is 1. The third-order valence-corrected chi connectivity index (χ3v) is 8.82. The smallest absolute Gasteiger partial charge is 0.193 e. The minimum absolute atomic E-state index is 0.0132. The van der Waals surface area contributed by atoms with Crippen molar-refractivity contribution in [2.75, 3.05) is 39.6 Å². The summed E-state index contributed by atoms with van der Waals surface area (Å²) in [6, 6.07) is 28.9. The molecule has 0 aliphatic carbocycles. The summed E-state index contributed by atoms with van der Waals surface area (Å²) in [5, 5.41) is 19.0. The lowest BCUT2D eigenvalue weighted by molar-refractivity contribution is 0.0333. The predicted molar refractivity (Wildman–Crippen MR) is 211 cm³/mol. The first-order valence-corrected chi connectivity index (χ1v) is 18.5. The standard InChI is InChI=1S/C44H45N3O8/c1-2-32-13-19-40(48)39(28-32)41(49)20-14-33-11-15-36(16-12-33)53-22-7-6-10-35-31-47(46-45-35)21-23-51-24-25-52-26-27-54-37-17-18-38-42(50)30-43(55-44(38)29-37)34-8-4-3-5-9-34/h3-5,8-9,11-20,28-31,48H,2,6-7,10,21-27H2,1H3/b20-14+. The molecule has 0 amide bonds. The van der Waals surface area contributed by atoms with E-state index in [1.54, 1.807) is 41.1 Å². The van der Waals surface area contributed by atoms with Crippen molar-refractivity contribution in [1.82, 2.24) is 15.0 Å². The topological polar surface area (TPSA) is 135 Å². The van der Waals surface area contributed by atoms with Crippen LogP contribution >= 0.6 is 0 Å². The van der Waals surface area contributed by atoms with Crippen molar-refractivity contribution in [3.05, 3.63) is 142 Å². The number of unbranched alkanes of at least 4 members (excludes halogenated alkanes) is 1. The fraction of sp³-hybridized carbons (Fsp3) is 0.273. The SMILES string of the molecule is CCc1ccc(O)c(C(=O)/C=C/c2ccc(OCCCCc3cn(CCOCCOCCOc4ccc5c(=O)cc(-c6ccccc6)oc5c4)nn3)cc2)c1. The Kier molecular flexibility index (Phi) is 14.0. The molecule has 0 aliphatic heterocycles. The molecule has 0 fully saturated rings. The summed E-state index contributed by atoms with van der Waals surface area (Å²) in [6.45, 7) is 5.29. The normalized spacial score (nSPS) is 11.4. The number of benzene rings is 4. The van der Waals surface area contributed by atoms with Crippen molar-refractivity contribution in [2.45, 2.75) is 39.2 Å². The van der Waals surface area contributed by atoms with Gasteiger partial charge in [-0.25, -0.2) is 4.68 Å². The van der Waals surface area contributed by atoms with Crippen molar-refractivity contribution < 1.29 is 33.3 Å². The molecule has 0 aliphatic rings. The highest BCUT2D eigenvalue weighted by molar-refractivity contribution is 6.08. The van der Waals surface area contributed by atoms with Gasteiger partial charge in [-0.1, -0.05) is 66.7 Å². The number of phenols is 1. The zero-order valence-electron chi connectivity index (χ0n) is 30.9. The van der Waals surface area contributed by atoms with Gasteiger partial charge in [0.05, 0.1) is 56.2 Å². The molecule has 6 aromatic rings. The maximum Gasteiger partial charge on any atom is 0.193 e. The molecule has 0 saturated carbocycles. The molecule has 11 nitrogen and oxygen atoms in total. The van der Waals surface area contributed by atoms with Crippen LogP contribution in [-0.4, -0.2) is 65.5 Å². The van der Waals surface area contributed by atoms with Crippen LogP contribution in [0.3, 0.4) is 0 Å². The molecule has 55 heavy (non-hydrogen) atoms. The number of ether oxygens (including phenoxy) is 4. The predicted octanol–water partition coefficient (Wildman–Crippen LogP) is 7.73. The van der Waals surface area contributed by atoms with Crippen LogP contribution < -0.4 is 14.9 Å². The second kappa shape index (κ2) is 19.9. The average molecular weight is 744 g/mol. The van der Waals surface area contributed by atoms with Gasteiger partial charge in [-0.05, 0) is 79.3 Å². The molecular weight excluding hydrogens is 698 g/mol. The third-order valence-electron chi connectivity index (χ3n) is 8.82. The maximum atomic E-state index is 12.6. The van der Waals surface area contributed by atoms with Gasteiger partial charge in [-0.3, -0.25) is 9.59 Å². The molecule has 2 aromatic heterocycles. The van der Waals surface area contributed by atoms with Crippen LogP contribution in [0.4, 0.5) is 0 Å². The Labute approximate surface area is 319 Å². The van der Waals surface area contributed by atoms with Gasteiger partial charge in [0.15, 0.2) is 11.2 Å². The number of aromatic nitrogens is 3. The molecule has 2 heterocycles. The molecule has 0 saturated heterocycles. The number of rotatable bonds is 21. The number of carbonyl (C=O) groups excluding carboxylic acids is 1. The Morgan fingerprint density at radius 3 is 2.40 bits per heavy atom. The second-order valence-electron chi connectivity index (χ2n) is 12.8. The lowest BCUT2D eigenvalue weighted by Crippen LogP contribution is -2.13. The molecular formula is C44H45N3O8. The molecule has 1 N–H and O–H groups in total. The lowest BCUT2D eigenvalue weighted by atomic mass is 10.0. The van der Waals surface area contributed by atoms with E-state index in [2.05, 4.69) is 10.3 Å². The number of hydrogen-bond donors (Lipinski definition) is 1. The van der Waals surface area contributed by atoms with E-state index in [9.17, 15) is 14.7 Å². The number of aryl methyl sites for hydroxylation is 2. The van der Waals surface area contributed by atoms with Gasteiger partial charge in [0.25, 0.3) is 0 Å². The summed E-state index contributed by atoms with van der Waals surface area (Å²) in [7, 11) is 0. The summed E-state index contributed by atoms with van der Waals surface area (Å²) in [5.74, 6) is 1.63. The van der Waals surface area contributed by atoms with Crippen molar-refractivity contribution in [3.8, 4) is 28.6 Å². The molecule has 0 atom stereocenters. The molecule has 11 heteroatoms. The van der Waals surface area contributed by atoms with Gasteiger partial charge in [0, 0.05) is 23.9 Å². The van der Waals surface area contributed by atoms with E-state index in [1.807, 2.05) is 73.8 Å². The van der Waals surface area contributed by atoms with Gasteiger partial charge < -0.3 is 28.5 Å². The monoisotopic (exact) mass is 743 g/mol. The Hall–Kier alpha value is -6.04. The highest BCUT2D eigenvalue weighted by Gasteiger charge is 2.10. The summed E-state index contributed by atoms with van der Waals surface area (Å²) < 4.78 is 30.8. The lowest BCUT2D eigenvalue weighted by Gasteiger charge is -2.09. The highest BCUT2D eigenvalue weighted by atomic mass is 16.5. The van der Waals surface area contributed by atoms with Crippen molar-refractivity contribution in [2.24, 2.45) is 0 Å². The molecule has 0 unspecified atom stereocenters. The Balaban J connectivity index is 0.798. The van der Waals surface area contributed by atoms with Crippen LogP contribution in [0.5, 0.6) is 17.2 Å². The molecule has 284 valence electrons. The number of fused-ring (bicyclic) bond motifs is 1. The Morgan fingerprint density at radius 2 is 1.58 bits per heavy atom. The number of nitrogens with zero attached hydrogens (tertiary/aromatic N) is 3. The summed E-state index contributed by atoms with van der Waals surface area (Å²) >= 11 is 0. The zero-order valence-corrected chi connectivity index (χ0v) is 30.9. The first kappa shape index (κ1) is 38.7. The zero-order chi connectivity index (χ0) is 38.2. The van der Waals surface area contributed by atoms with E-state index in [1.165, 1.54) is 12.1 Å². The number of carbonyl (C=O) groups is 1. The number of allylic oxidation sites excluding steroid dienone is 1. The van der Waals surface area contributed by atoms with Gasteiger partial charge in [0.1, 0.15) is 35.2 Å². The van der Waals surface area contributed by atoms with Crippen LogP contribution in [-0.2, 0) is 28.9 Å². The van der Waals surface area contributed by atoms with Crippen molar-refractivity contribution in [1.29, 1.82) is 0 Å². The summed E-state index contributed by atoms with van der Waals surface area (Å²) in [4.78, 5) is 25.2. The van der Waals surface area contributed by atoms with Crippen LogP contribution in [0.15, 0.2) is 119 Å². The van der Waals surface area contributed by atoms with Crippen LogP contribution in [0.1, 0.15) is 46.9 Å². The highest BCUT2D eigenvalue weighted by Crippen LogP contribution is 2.25. The van der Waals surface area contributed by atoms with E-state index in [0.29, 0.717) is 74.2 Å². The number of ketones is 1. The largest absolute Gasteiger partial charge is 0.507 e. The van der Waals surface area contributed by atoms with Crippen LogP contribution in [0, 0.1) is 0 Å². The summed E-state index contributed by atoms with van der Waals surface area (Å²) in [6.07, 6.45) is 8.53. The number of hydrogen-bond acceptors (Lipinski definition) is 10. The first-order chi connectivity index (χ1) is 26.9. The van der Waals surface area contributed by atoms with Gasteiger partial charge >= 0.3 is 0 Å². The average Bonchev–Trinajstić information content (AvgIpc) is 3.67. The quantitative estimate of drug-likeness (QED) is 0.0443. The van der Waals surface area contributed by atoms with E-state index in [0.717, 1.165) is 53.8 Å². The first-order valence-electron chi connectivity index (χ1n) is 18.5. The number of aromatic hydroxyl groups is 1. The van der Waals surface area contributed by atoms with Crippen molar-refractivity contribution >= 4 is 22.8 Å². The van der Waals surface area contributed by atoms with E-state index in [4.69, 9.17) is 23.4 Å². The van der Waals surface area contributed by atoms with Gasteiger partial charge in [-0.2, -0.15) is 0 Å². The van der Waals surface area contributed by atoms with Crippen molar-refractivity contribution in [3.63, 3.8) is 0 Å². The Bertz CT molecular complexity index is 2230. The van der Waals surface area contributed by atoms with Crippen LogP contribution in [0.25, 0.3) is 28.4 Å². The minimum atomic E-state index is -0.237. The molecule has 4 aromatic carbocycles. The van der Waals surface area contributed by atoms with E-state index < -0.39 is 0 Å². The molecule has 0 radical (unpaired) electrons. The third kappa shape index (κ3) is 11.5. The fourth-order valence-electron chi connectivity index (χ4n) is 5.77. The van der Waals surface area contributed by atoms with Crippen LogP contribution in [0.2, 0.25) is 0 Å². The summed E-state index contributed by atoms with van der Waals surface area (Å²) in [5.41, 5.74) is 4.31. The van der Waals surface area contributed by atoms with E-state index in [-0.39, 0.29) is 17.0 Å². The Morgan fingerprint density at radius 1 is 0.818 bits per heavy atom. The molecule has 0 spiro atoms. The fourth-order valence-corrected chi connectivity index (χ4v) is 5.77. The van der Waals surface area contributed by atoms with Gasteiger partial charge in [0.2, 0.25) is 0 Å². The maximum absolute atomic E-state index is 12.6. The minimum Gasteiger partial charge on any atom is -0.507 e. The van der Waals surface area contributed by atoms with E-state index >= 15 is 0 Å².